The first kappa shape index (κ1) is 21.4. The number of halogens is 3. The molecule has 0 atom stereocenters. The SMILES string of the molecule is Cc1n[nH]c2c1N=C(c1c(F)cccc1F)Nc1c-2cc(N2CCN(CCF)CC2)nc1C. The second-order valence-electron chi connectivity index (χ2n) is 8.22. The van der Waals surface area contributed by atoms with E-state index in [1.807, 2.05) is 13.0 Å². The van der Waals surface area contributed by atoms with Crippen molar-refractivity contribution in [2.45, 2.75) is 13.8 Å². The standard InChI is InChI=1S/C23H24F3N7/c1-13-20-15(12-18(27-13)33-10-8-32(7-6-24)9-11-33)22-21(14(2)30-31-22)29-23(28-20)19-16(25)4-3-5-17(19)26/h3-5,12H,6-11H2,1-2H3,(H,28,29)(H,30,31). The van der Waals surface area contributed by atoms with E-state index in [4.69, 9.17) is 4.98 Å². The largest absolute Gasteiger partial charge is 0.354 e. The van der Waals surface area contributed by atoms with Crippen LogP contribution in [0.3, 0.4) is 0 Å². The number of rotatable bonds is 4. The molecule has 10 heteroatoms. The highest BCUT2D eigenvalue weighted by atomic mass is 19.1. The van der Waals surface area contributed by atoms with E-state index in [9.17, 15) is 13.2 Å². The van der Waals surface area contributed by atoms with Crippen molar-refractivity contribution in [3.05, 3.63) is 52.9 Å². The number of fused-ring (bicyclic) bond motifs is 3. The van der Waals surface area contributed by atoms with Crippen LogP contribution >= 0.6 is 0 Å². The smallest absolute Gasteiger partial charge is 0.144 e. The Morgan fingerprint density at radius 2 is 1.76 bits per heavy atom. The molecule has 0 unspecified atom stereocenters. The zero-order chi connectivity index (χ0) is 23.1. The van der Waals surface area contributed by atoms with E-state index in [1.54, 1.807) is 6.92 Å². The third-order valence-corrected chi connectivity index (χ3v) is 6.13. The van der Waals surface area contributed by atoms with Gasteiger partial charge in [0.15, 0.2) is 0 Å². The molecule has 2 aliphatic heterocycles. The normalized spacial score (nSPS) is 16.0. The number of nitrogens with zero attached hydrogens (tertiary/aromatic N) is 5. The monoisotopic (exact) mass is 455 g/mol. The summed E-state index contributed by atoms with van der Waals surface area (Å²) < 4.78 is 41.9. The molecule has 0 amide bonds. The first-order valence-corrected chi connectivity index (χ1v) is 10.9. The summed E-state index contributed by atoms with van der Waals surface area (Å²) in [6, 6.07) is 5.66. The molecule has 1 saturated heterocycles. The van der Waals surface area contributed by atoms with Crippen LogP contribution in [0.15, 0.2) is 29.3 Å². The van der Waals surface area contributed by atoms with E-state index >= 15 is 0 Å². The Labute approximate surface area is 189 Å². The Bertz CT molecular complexity index is 1210. The number of amidine groups is 1. The highest BCUT2D eigenvalue weighted by Crippen LogP contribution is 2.41. The lowest BCUT2D eigenvalue weighted by atomic mass is 10.1. The van der Waals surface area contributed by atoms with Gasteiger partial charge in [0.2, 0.25) is 0 Å². The minimum Gasteiger partial charge on any atom is -0.354 e. The number of aromatic amines is 1. The van der Waals surface area contributed by atoms with Crippen LogP contribution in [0, 0.1) is 25.5 Å². The Morgan fingerprint density at radius 1 is 1.03 bits per heavy atom. The highest BCUT2D eigenvalue weighted by molar-refractivity contribution is 6.14. The fraction of sp³-hybridized carbons (Fsp3) is 0.348. The average molecular weight is 455 g/mol. The summed E-state index contributed by atoms with van der Waals surface area (Å²) in [5, 5.41) is 10.4. The summed E-state index contributed by atoms with van der Waals surface area (Å²) >= 11 is 0. The number of H-pyrrole nitrogens is 1. The van der Waals surface area contributed by atoms with Gasteiger partial charge in [-0.15, -0.1) is 0 Å². The Balaban J connectivity index is 1.58. The Morgan fingerprint density at radius 3 is 2.45 bits per heavy atom. The molecule has 0 radical (unpaired) electrons. The van der Waals surface area contributed by atoms with Gasteiger partial charge < -0.3 is 10.2 Å². The van der Waals surface area contributed by atoms with Crippen molar-refractivity contribution in [2.75, 3.05) is 49.6 Å². The van der Waals surface area contributed by atoms with E-state index in [-0.39, 0.29) is 18.1 Å². The molecule has 5 rings (SSSR count). The quantitative estimate of drug-likeness (QED) is 0.623. The van der Waals surface area contributed by atoms with Gasteiger partial charge in [-0.05, 0) is 32.0 Å². The van der Waals surface area contributed by atoms with E-state index in [0.29, 0.717) is 35.0 Å². The van der Waals surface area contributed by atoms with Crippen LogP contribution in [0.4, 0.5) is 30.4 Å². The number of aromatic nitrogens is 3. The van der Waals surface area contributed by atoms with Crippen LogP contribution in [-0.4, -0.2) is 65.3 Å². The number of nitrogens with one attached hydrogen (secondary N) is 2. The van der Waals surface area contributed by atoms with Gasteiger partial charge in [-0.3, -0.25) is 10.00 Å². The molecule has 0 saturated carbocycles. The van der Waals surface area contributed by atoms with Gasteiger partial charge in [0.25, 0.3) is 0 Å². The first-order valence-electron chi connectivity index (χ1n) is 10.9. The molecule has 0 spiro atoms. The van der Waals surface area contributed by atoms with Crippen molar-refractivity contribution < 1.29 is 13.2 Å². The summed E-state index contributed by atoms with van der Waals surface area (Å²) in [5.41, 5.74) is 3.61. The number of piperazine rings is 1. The maximum atomic E-state index is 14.6. The molecule has 2 N–H and O–H groups in total. The van der Waals surface area contributed by atoms with Crippen molar-refractivity contribution in [2.24, 2.45) is 4.99 Å². The Kier molecular flexibility index (Phi) is 5.53. The second-order valence-corrected chi connectivity index (χ2v) is 8.22. The fourth-order valence-corrected chi connectivity index (χ4v) is 4.34. The predicted molar refractivity (Wildman–Crippen MR) is 122 cm³/mol. The molecule has 0 aliphatic carbocycles. The summed E-state index contributed by atoms with van der Waals surface area (Å²) in [5.74, 6) is -0.569. The van der Waals surface area contributed by atoms with Crippen LogP contribution in [0.1, 0.15) is 17.0 Å². The lowest BCUT2D eigenvalue weighted by Gasteiger charge is -2.35. The van der Waals surface area contributed by atoms with E-state index in [1.165, 1.54) is 18.2 Å². The third-order valence-electron chi connectivity index (χ3n) is 6.13. The molecule has 172 valence electrons. The molecule has 2 aromatic heterocycles. The van der Waals surface area contributed by atoms with Gasteiger partial charge in [-0.25, -0.2) is 23.1 Å². The molecule has 33 heavy (non-hydrogen) atoms. The number of pyridine rings is 1. The van der Waals surface area contributed by atoms with Gasteiger partial charge in [0, 0.05) is 38.3 Å². The summed E-state index contributed by atoms with van der Waals surface area (Å²) in [6.07, 6.45) is 0. The minimum absolute atomic E-state index is 0.0626. The van der Waals surface area contributed by atoms with Gasteiger partial charge in [-0.1, -0.05) is 6.07 Å². The third kappa shape index (κ3) is 3.84. The Hall–Kier alpha value is -3.40. The van der Waals surface area contributed by atoms with Crippen molar-refractivity contribution in [1.29, 1.82) is 0 Å². The molecule has 0 bridgehead atoms. The molecule has 2 aliphatic rings. The maximum Gasteiger partial charge on any atom is 0.144 e. The van der Waals surface area contributed by atoms with Crippen molar-refractivity contribution in [1.82, 2.24) is 20.1 Å². The molecule has 4 heterocycles. The van der Waals surface area contributed by atoms with Gasteiger partial charge in [-0.2, -0.15) is 5.10 Å². The highest BCUT2D eigenvalue weighted by Gasteiger charge is 2.27. The lowest BCUT2D eigenvalue weighted by Crippen LogP contribution is -2.47. The number of benzene rings is 1. The fourth-order valence-electron chi connectivity index (χ4n) is 4.34. The lowest BCUT2D eigenvalue weighted by molar-refractivity contribution is 0.235. The van der Waals surface area contributed by atoms with Gasteiger partial charge in [0.1, 0.15) is 35.6 Å². The minimum atomic E-state index is -0.708. The molecule has 3 aromatic rings. The van der Waals surface area contributed by atoms with Gasteiger partial charge in [0.05, 0.1) is 28.3 Å². The van der Waals surface area contributed by atoms with Crippen LogP contribution in [0.5, 0.6) is 0 Å². The number of hydrogen-bond acceptors (Lipinski definition) is 6. The van der Waals surface area contributed by atoms with Crippen molar-refractivity contribution >= 4 is 23.0 Å². The second kappa shape index (κ2) is 8.51. The summed E-state index contributed by atoms with van der Waals surface area (Å²) in [4.78, 5) is 13.6. The zero-order valence-electron chi connectivity index (χ0n) is 18.4. The molecular formula is C23H24F3N7. The van der Waals surface area contributed by atoms with E-state index in [0.717, 1.165) is 37.6 Å². The number of aryl methyl sites for hydroxylation is 2. The van der Waals surface area contributed by atoms with E-state index < -0.39 is 11.6 Å². The van der Waals surface area contributed by atoms with Crippen LogP contribution in [-0.2, 0) is 0 Å². The average Bonchev–Trinajstić information content (AvgIpc) is 3.06. The number of anilines is 2. The van der Waals surface area contributed by atoms with Crippen LogP contribution in [0.25, 0.3) is 11.3 Å². The summed E-state index contributed by atoms with van der Waals surface area (Å²) in [6.45, 7) is 6.71. The van der Waals surface area contributed by atoms with Crippen molar-refractivity contribution in [3.8, 4) is 11.3 Å². The van der Waals surface area contributed by atoms with E-state index in [2.05, 4.69) is 30.3 Å². The maximum absolute atomic E-state index is 14.6. The summed E-state index contributed by atoms with van der Waals surface area (Å²) in [7, 11) is 0. The molecular weight excluding hydrogens is 431 g/mol. The predicted octanol–water partition coefficient (Wildman–Crippen LogP) is 3.96. The van der Waals surface area contributed by atoms with Crippen molar-refractivity contribution in [3.63, 3.8) is 0 Å². The molecule has 1 fully saturated rings. The van der Waals surface area contributed by atoms with Gasteiger partial charge >= 0.3 is 0 Å². The number of alkyl halides is 1. The zero-order valence-corrected chi connectivity index (χ0v) is 18.4. The number of aliphatic imine (C=N–C) groups is 1. The van der Waals surface area contributed by atoms with Crippen LogP contribution in [0.2, 0.25) is 0 Å². The topological polar surface area (TPSA) is 72.4 Å². The first-order chi connectivity index (χ1) is 16.0. The molecule has 1 aromatic carbocycles. The molecule has 7 nitrogen and oxygen atoms in total. The number of hydrogen-bond donors (Lipinski definition) is 2. The van der Waals surface area contributed by atoms with Crippen LogP contribution < -0.4 is 10.2 Å².